The van der Waals surface area contributed by atoms with Crippen molar-refractivity contribution in [3.63, 3.8) is 0 Å². The second kappa shape index (κ2) is 8.62. The Balaban J connectivity index is 1.43. The van der Waals surface area contributed by atoms with Gasteiger partial charge in [-0.3, -0.25) is 4.79 Å². The molecule has 1 aliphatic rings. The van der Waals surface area contributed by atoms with Gasteiger partial charge in [-0.1, -0.05) is 35.4 Å². The molecule has 2 heterocycles. The number of hydrogen-bond acceptors (Lipinski definition) is 3. The molecule has 3 aromatic rings. The lowest BCUT2D eigenvalue weighted by molar-refractivity contribution is 0.0692. The van der Waals surface area contributed by atoms with Crippen LogP contribution in [0, 0.1) is 27.7 Å². The molecule has 1 aromatic heterocycles. The number of anilines is 1. The van der Waals surface area contributed by atoms with Crippen LogP contribution in [-0.2, 0) is 6.42 Å². The predicted octanol–water partition coefficient (Wildman–Crippen LogP) is 5.45. The van der Waals surface area contributed by atoms with E-state index in [-0.39, 0.29) is 11.9 Å². The summed E-state index contributed by atoms with van der Waals surface area (Å²) < 4.78 is 6.00. The van der Waals surface area contributed by atoms with Crippen LogP contribution in [0.25, 0.3) is 0 Å². The summed E-state index contributed by atoms with van der Waals surface area (Å²) in [4.78, 5) is 17.4. The summed E-state index contributed by atoms with van der Waals surface area (Å²) in [5, 5.41) is 0. The SMILES string of the molecule is Cc1ccc(N2CCN(C(=O)c3ccc(Cc4c(C)cc(C)cc4C)o3)CC2C)cc1. The predicted molar refractivity (Wildman–Crippen MR) is 126 cm³/mol. The van der Waals surface area contributed by atoms with Gasteiger partial charge in [0.15, 0.2) is 5.76 Å². The maximum atomic E-state index is 13.1. The van der Waals surface area contributed by atoms with Gasteiger partial charge in [0.25, 0.3) is 5.91 Å². The van der Waals surface area contributed by atoms with Crippen LogP contribution >= 0.6 is 0 Å². The number of aryl methyl sites for hydroxylation is 4. The van der Waals surface area contributed by atoms with Gasteiger partial charge in [0, 0.05) is 37.8 Å². The van der Waals surface area contributed by atoms with Crippen molar-refractivity contribution in [3.05, 3.63) is 87.9 Å². The van der Waals surface area contributed by atoms with Gasteiger partial charge in [-0.25, -0.2) is 0 Å². The van der Waals surface area contributed by atoms with Crippen molar-refractivity contribution in [2.75, 3.05) is 24.5 Å². The van der Waals surface area contributed by atoms with Gasteiger partial charge in [0.1, 0.15) is 5.76 Å². The number of hydrogen-bond donors (Lipinski definition) is 0. The van der Waals surface area contributed by atoms with Crippen LogP contribution in [-0.4, -0.2) is 36.5 Å². The minimum atomic E-state index is -0.0148. The summed E-state index contributed by atoms with van der Waals surface area (Å²) in [7, 11) is 0. The van der Waals surface area contributed by atoms with Gasteiger partial charge in [-0.05, 0) is 75.6 Å². The molecule has 1 amide bonds. The molecule has 4 heteroatoms. The molecule has 31 heavy (non-hydrogen) atoms. The molecule has 0 N–H and O–H groups in total. The van der Waals surface area contributed by atoms with Crippen LogP contribution in [0.4, 0.5) is 5.69 Å². The summed E-state index contributed by atoms with van der Waals surface area (Å²) in [6.45, 7) is 12.9. The van der Waals surface area contributed by atoms with Crippen LogP contribution in [0.1, 0.15) is 51.1 Å². The minimum absolute atomic E-state index is 0.0148. The quantitative estimate of drug-likeness (QED) is 0.567. The van der Waals surface area contributed by atoms with E-state index in [9.17, 15) is 4.79 Å². The highest BCUT2D eigenvalue weighted by Crippen LogP contribution is 2.24. The van der Waals surface area contributed by atoms with Crippen LogP contribution in [0.15, 0.2) is 52.9 Å². The molecule has 0 saturated carbocycles. The lowest BCUT2D eigenvalue weighted by Gasteiger charge is -2.41. The van der Waals surface area contributed by atoms with Crippen molar-refractivity contribution < 1.29 is 9.21 Å². The number of piperazine rings is 1. The molecule has 1 unspecified atom stereocenters. The molecule has 1 aliphatic heterocycles. The summed E-state index contributed by atoms with van der Waals surface area (Å²) in [5.41, 5.74) is 7.56. The first kappa shape index (κ1) is 21.2. The first-order chi connectivity index (χ1) is 14.8. The van der Waals surface area contributed by atoms with Crippen molar-refractivity contribution in [2.24, 2.45) is 0 Å². The van der Waals surface area contributed by atoms with Crippen LogP contribution < -0.4 is 4.90 Å². The Morgan fingerprint density at radius 1 is 0.935 bits per heavy atom. The number of benzene rings is 2. The van der Waals surface area contributed by atoms with Gasteiger partial charge < -0.3 is 14.2 Å². The molecule has 1 atom stereocenters. The van der Waals surface area contributed by atoms with E-state index in [1.165, 1.54) is 33.5 Å². The molecule has 0 bridgehead atoms. The molecule has 0 radical (unpaired) electrons. The van der Waals surface area contributed by atoms with Crippen LogP contribution in [0.3, 0.4) is 0 Å². The van der Waals surface area contributed by atoms with E-state index >= 15 is 0 Å². The normalized spacial score (nSPS) is 16.6. The van der Waals surface area contributed by atoms with E-state index < -0.39 is 0 Å². The van der Waals surface area contributed by atoms with Crippen molar-refractivity contribution in [1.82, 2.24) is 4.90 Å². The Hall–Kier alpha value is -3.01. The Kier molecular flexibility index (Phi) is 5.90. The van der Waals surface area contributed by atoms with E-state index in [1.807, 2.05) is 17.0 Å². The van der Waals surface area contributed by atoms with E-state index in [2.05, 4.69) is 75.9 Å². The maximum Gasteiger partial charge on any atom is 0.289 e. The zero-order chi connectivity index (χ0) is 22.1. The van der Waals surface area contributed by atoms with Gasteiger partial charge in [-0.2, -0.15) is 0 Å². The maximum absolute atomic E-state index is 13.1. The Morgan fingerprint density at radius 2 is 1.61 bits per heavy atom. The van der Waals surface area contributed by atoms with Crippen molar-refractivity contribution in [3.8, 4) is 0 Å². The summed E-state index contributed by atoms with van der Waals surface area (Å²) >= 11 is 0. The molecule has 2 aromatic carbocycles. The summed E-state index contributed by atoms with van der Waals surface area (Å²) in [5.74, 6) is 1.26. The lowest BCUT2D eigenvalue weighted by atomic mass is 9.97. The topological polar surface area (TPSA) is 36.7 Å². The Morgan fingerprint density at radius 3 is 2.26 bits per heavy atom. The third kappa shape index (κ3) is 4.53. The zero-order valence-electron chi connectivity index (χ0n) is 19.2. The molecule has 162 valence electrons. The first-order valence-electron chi connectivity index (χ1n) is 11.1. The van der Waals surface area contributed by atoms with Crippen molar-refractivity contribution >= 4 is 11.6 Å². The minimum Gasteiger partial charge on any atom is -0.456 e. The van der Waals surface area contributed by atoms with Gasteiger partial charge in [-0.15, -0.1) is 0 Å². The second-order valence-corrected chi connectivity index (χ2v) is 8.95. The smallest absolute Gasteiger partial charge is 0.289 e. The number of amides is 1. The summed E-state index contributed by atoms with van der Waals surface area (Å²) in [6, 6.07) is 17.0. The Bertz CT molecular complexity index is 1060. The van der Waals surface area contributed by atoms with E-state index in [1.54, 1.807) is 0 Å². The molecule has 1 saturated heterocycles. The fraction of sp³-hybridized carbons (Fsp3) is 0.370. The molecule has 4 rings (SSSR count). The van der Waals surface area contributed by atoms with Gasteiger partial charge >= 0.3 is 0 Å². The Labute approximate surface area is 185 Å². The average Bonchev–Trinajstić information content (AvgIpc) is 3.19. The number of carbonyl (C=O) groups excluding carboxylic acids is 1. The van der Waals surface area contributed by atoms with Crippen LogP contribution in [0.2, 0.25) is 0 Å². The number of carbonyl (C=O) groups is 1. The lowest BCUT2D eigenvalue weighted by Crippen LogP contribution is -2.53. The molecular formula is C27H32N2O2. The van der Waals surface area contributed by atoms with Crippen molar-refractivity contribution in [1.29, 1.82) is 0 Å². The zero-order valence-corrected chi connectivity index (χ0v) is 19.2. The summed E-state index contributed by atoms with van der Waals surface area (Å²) in [6.07, 6.45) is 0.711. The monoisotopic (exact) mass is 416 g/mol. The largest absolute Gasteiger partial charge is 0.456 e. The number of rotatable bonds is 4. The van der Waals surface area contributed by atoms with Gasteiger partial charge in [0.2, 0.25) is 0 Å². The van der Waals surface area contributed by atoms with E-state index in [0.717, 1.165) is 12.3 Å². The highest BCUT2D eigenvalue weighted by molar-refractivity contribution is 5.91. The molecular weight excluding hydrogens is 384 g/mol. The third-order valence-corrected chi connectivity index (χ3v) is 6.34. The standard InChI is InChI=1S/C27H32N2O2/c1-18-6-8-23(9-7-18)29-13-12-28(17-22(29)5)27(30)26-11-10-24(31-26)16-25-20(3)14-19(2)15-21(25)4/h6-11,14-15,22H,12-13,16-17H2,1-5H3. The average molecular weight is 417 g/mol. The highest BCUT2D eigenvalue weighted by atomic mass is 16.4. The molecule has 4 nitrogen and oxygen atoms in total. The van der Waals surface area contributed by atoms with Crippen LogP contribution in [0.5, 0.6) is 0 Å². The second-order valence-electron chi connectivity index (χ2n) is 8.95. The van der Waals surface area contributed by atoms with Gasteiger partial charge in [0.05, 0.1) is 0 Å². The first-order valence-corrected chi connectivity index (χ1v) is 11.1. The molecule has 0 aliphatic carbocycles. The fourth-order valence-electron chi connectivity index (χ4n) is 4.67. The molecule has 1 fully saturated rings. The fourth-order valence-corrected chi connectivity index (χ4v) is 4.67. The van der Waals surface area contributed by atoms with E-state index in [4.69, 9.17) is 4.42 Å². The van der Waals surface area contributed by atoms with E-state index in [0.29, 0.717) is 25.3 Å². The third-order valence-electron chi connectivity index (χ3n) is 6.34. The highest BCUT2D eigenvalue weighted by Gasteiger charge is 2.29. The molecule has 0 spiro atoms. The van der Waals surface area contributed by atoms with Crippen molar-refractivity contribution in [2.45, 2.75) is 47.1 Å². The number of furan rings is 1. The number of nitrogens with zero attached hydrogens (tertiary/aromatic N) is 2.